The molecular weight excluding hydrogens is 256 g/mol. The number of fused-ring (bicyclic) bond motifs is 1. The van der Waals surface area contributed by atoms with Crippen LogP contribution in [0.15, 0.2) is 54.6 Å². The van der Waals surface area contributed by atoms with E-state index in [0.29, 0.717) is 11.4 Å². The smallest absolute Gasteiger partial charge is 0.307 e. The van der Waals surface area contributed by atoms with Crippen LogP contribution < -0.4 is 10.2 Å². The molecule has 3 amide bonds. The number of rotatable bonds is 1. The Bertz CT molecular complexity index is 710. The van der Waals surface area contributed by atoms with E-state index in [1.54, 1.807) is 42.5 Å². The van der Waals surface area contributed by atoms with Crippen molar-refractivity contribution in [3.05, 3.63) is 60.2 Å². The maximum absolute atomic E-state index is 12.2. The normalized spacial score (nSPS) is 13.3. The Balaban J connectivity index is 1.93. The lowest BCUT2D eigenvalue weighted by atomic mass is 10.1. The Morgan fingerprint density at radius 3 is 2.30 bits per heavy atom. The van der Waals surface area contributed by atoms with Crippen molar-refractivity contribution in [1.29, 1.82) is 0 Å². The Morgan fingerprint density at radius 2 is 1.55 bits per heavy atom. The third kappa shape index (κ3) is 1.85. The van der Waals surface area contributed by atoms with Gasteiger partial charge in [-0.05, 0) is 24.3 Å². The van der Waals surface area contributed by atoms with Gasteiger partial charge in [0.05, 0.1) is 11.3 Å². The van der Waals surface area contributed by atoms with E-state index < -0.39 is 17.7 Å². The molecule has 5 nitrogen and oxygen atoms in total. The molecule has 5 heteroatoms. The SMILES string of the molecule is O=C1C(=O)N(C(=O)Nc2ccccc2)c2ccccc21. The van der Waals surface area contributed by atoms with Gasteiger partial charge in [-0.15, -0.1) is 0 Å². The molecule has 3 rings (SSSR count). The highest BCUT2D eigenvalue weighted by Gasteiger charge is 2.39. The summed E-state index contributed by atoms with van der Waals surface area (Å²) in [7, 11) is 0. The van der Waals surface area contributed by atoms with E-state index >= 15 is 0 Å². The number of carbonyl (C=O) groups excluding carboxylic acids is 3. The van der Waals surface area contributed by atoms with Gasteiger partial charge in [0.25, 0.3) is 5.78 Å². The van der Waals surface area contributed by atoms with E-state index in [9.17, 15) is 14.4 Å². The summed E-state index contributed by atoms with van der Waals surface area (Å²) in [5.74, 6) is -1.50. The van der Waals surface area contributed by atoms with Crippen LogP contribution in [0, 0.1) is 0 Å². The highest BCUT2D eigenvalue weighted by Crippen LogP contribution is 2.29. The highest BCUT2D eigenvalue weighted by molar-refractivity contribution is 6.56. The van der Waals surface area contributed by atoms with Crippen LogP contribution in [0.25, 0.3) is 0 Å². The molecule has 1 aliphatic heterocycles. The van der Waals surface area contributed by atoms with Crippen LogP contribution in [0.3, 0.4) is 0 Å². The fraction of sp³-hybridized carbons (Fsp3) is 0. The largest absolute Gasteiger partial charge is 0.333 e. The summed E-state index contributed by atoms with van der Waals surface area (Å²) < 4.78 is 0. The molecule has 1 aliphatic rings. The lowest BCUT2D eigenvalue weighted by Crippen LogP contribution is -2.39. The van der Waals surface area contributed by atoms with E-state index in [1.165, 1.54) is 6.07 Å². The number of para-hydroxylation sites is 2. The van der Waals surface area contributed by atoms with Crippen molar-refractivity contribution >= 4 is 29.1 Å². The molecule has 0 radical (unpaired) electrons. The van der Waals surface area contributed by atoms with Gasteiger partial charge >= 0.3 is 11.9 Å². The standard InChI is InChI=1S/C15H10N2O3/c18-13-11-8-4-5-9-12(11)17(14(13)19)15(20)16-10-6-2-1-3-7-10/h1-9H,(H,16,20). The molecule has 1 heterocycles. The summed E-state index contributed by atoms with van der Waals surface area (Å²) in [6.45, 7) is 0. The molecule has 0 aromatic heterocycles. The minimum atomic E-state index is -0.834. The third-order valence-corrected chi connectivity index (χ3v) is 3.02. The van der Waals surface area contributed by atoms with Crippen LogP contribution in [0.5, 0.6) is 0 Å². The van der Waals surface area contributed by atoms with Crippen LogP contribution >= 0.6 is 0 Å². The quantitative estimate of drug-likeness (QED) is 0.806. The number of benzene rings is 2. The predicted molar refractivity (Wildman–Crippen MR) is 73.7 cm³/mol. The summed E-state index contributed by atoms with van der Waals surface area (Å²) in [6, 6.07) is 14.5. The molecule has 98 valence electrons. The van der Waals surface area contributed by atoms with Gasteiger partial charge in [-0.25, -0.2) is 9.69 Å². The molecule has 0 bridgehead atoms. The molecule has 2 aromatic rings. The number of carbonyl (C=O) groups is 3. The summed E-state index contributed by atoms with van der Waals surface area (Å²) in [5.41, 5.74) is 1.12. The summed E-state index contributed by atoms with van der Waals surface area (Å²) >= 11 is 0. The van der Waals surface area contributed by atoms with E-state index in [0.717, 1.165) is 4.90 Å². The number of amides is 3. The van der Waals surface area contributed by atoms with Gasteiger partial charge < -0.3 is 5.32 Å². The molecule has 20 heavy (non-hydrogen) atoms. The number of imide groups is 1. The van der Waals surface area contributed by atoms with Crippen LogP contribution in [-0.2, 0) is 4.79 Å². The minimum Gasteiger partial charge on any atom is -0.307 e. The third-order valence-electron chi connectivity index (χ3n) is 3.02. The molecule has 0 fully saturated rings. The van der Waals surface area contributed by atoms with E-state index in [2.05, 4.69) is 5.32 Å². The molecular formula is C15H10N2O3. The van der Waals surface area contributed by atoms with Crippen molar-refractivity contribution < 1.29 is 14.4 Å². The molecule has 1 N–H and O–H groups in total. The summed E-state index contributed by atoms with van der Waals surface area (Å²) in [6.07, 6.45) is 0. The average molecular weight is 266 g/mol. The Kier molecular flexibility index (Phi) is 2.80. The molecule has 0 saturated heterocycles. The van der Waals surface area contributed by atoms with Gasteiger partial charge in [0.15, 0.2) is 0 Å². The van der Waals surface area contributed by atoms with Crippen molar-refractivity contribution in [2.75, 3.05) is 10.2 Å². The van der Waals surface area contributed by atoms with Crippen molar-refractivity contribution in [3.63, 3.8) is 0 Å². The summed E-state index contributed by atoms with van der Waals surface area (Å²) in [5, 5.41) is 2.59. The van der Waals surface area contributed by atoms with Crippen LogP contribution in [0.4, 0.5) is 16.2 Å². The van der Waals surface area contributed by atoms with E-state index in [-0.39, 0.29) is 5.56 Å². The first-order valence-corrected chi connectivity index (χ1v) is 6.02. The lowest BCUT2D eigenvalue weighted by molar-refractivity contribution is -0.113. The number of nitrogens with zero attached hydrogens (tertiary/aromatic N) is 1. The monoisotopic (exact) mass is 266 g/mol. The zero-order valence-electron chi connectivity index (χ0n) is 10.4. The first-order chi connectivity index (χ1) is 9.68. The van der Waals surface area contributed by atoms with Crippen molar-refractivity contribution in [2.24, 2.45) is 0 Å². The van der Waals surface area contributed by atoms with Crippen molar-refractivity contribution in [3.8, 4) is 0 Å². The highest BCUT2D eigenvalue weighted by atomic mass is 16.2. The fourth-order valence-corrected chi connectivity index (χ4v) is 2.09. The molecule has 2 aromatic carbocycles. The van der Waals surface area contributed by atoms with Crippen molar-refractivity contribution in [1.82, 2.24) is 0 Å². The molecule has 0 unspecified atom stereocenters. The Hall–Kier alpha value is -2.95. The lowest BCUT2D eigenvalue weighted by Gasteiger charge is -2.15. The number of ketones is 1. The van der Waals surface area contributed by atoms with Crippen LogP contribution in [0.1, 0.15) is 10.4 Å². The Morgan fingerprint density at radius 1 is 0.900 bits per heavy atom. The number of urea groups is 1. The second-order valence-corrected chi connectivity index (χ2v) is 4.28. The number of hydrogen-bond donors (Lipinski definition) is 1. The number of Topliss-reactive ketones (excluding diaryl/α,β-unsaturated/α-hetero) is 1. The van der Waals surface area contributed by atoms with E-state index in [4.69, 9.17) is 0 Å². The number of nitrogens with one attached hydrogen (secondary N) is 1. The second-order valence-electron chi connectivity index (χ2n) is 4.28. The van der Waals surface area contributed by atoms with Gasteiger partial charge in [0.1, 0.15) is 0 Å². The van der Waals surface area contributed by atoms with Gasteiger partial charge in [-0.2, -0.15) is 0 Å². The predicted octanol–water partition coefficient (Wildman–Crippen LogP) is 2.45. The van der Waals surface area contributed by atoms with Crippen LogP contribution in [0.2, 0.25) is 0 Å². The van der Waals surface area contributed by atoms with Crippen molar-refractivity contribution in [2.45, 2.75) is 0 Å². The van der Waals surface area contributed by atoms with Gasteiger partial charge in [-0.3, -0.25) is 9.59 Å². The molecule has 0 aliphatic carbocycles. The molecule has 0 spiro atoms. The average Bonchev–Trinajstić information content (AvgIpc) is 2.72. The first-order valence-electron chi connectivity index (χ1n) is 6.02. The fourth-order valence-electron chi connectivity index (χ4n) is 2.09. The van der Waals surface area contributed by atoms with Crippen LogP contribution in [-0.4, -0.2) is 17.7 Å². The maximum Gasteiger partial charge on any atom is 0.333 e. The minimum absolute atomic E-state index is 0.251. The zero-order chi connectivity index (χ0) is 14.1. The topological polar surface area (TPSA) is 66.5 Å². The van der Waals surface area contributed by atoms with E-state index in [1.807, 2.05) is 6.07 Å². The molecule has 0 atom stereocenters. The number of hydrogen-bond acceptors (Lipinski definition) is 3. The van der Waals surface area contributed by atoms with Gasteiger partial charge in [0.2, 0.25) is 0 Å². The first kappa shape index (κ1) is 12.1. The summed E-state index contributed by atoms with van der Waals surface area (Å²) in [4.78, 5) is 36.7. The Labute approximate surface area is 114 Å². The zero-order valence-corrected chi connectivity index (χ0v) is 10.4. The maximum atomic E-state index is 12.2. The second kappa shape index (κ2) is 4.62. The van der Waals surface area contributed by atoms with Gasteiger partial charge in [-0.1, -0.05) is 30.3 Å². The van der Waals surface area contributed by atoms with Gasteiger partial charge in [0, 0.05) is 5.69 Å². The number of anilines is 2. The molecule has 0 saturated carbocycles.